The monoisotopic (exact) mass is 249 g/mol. The minimum Gasteiger partial charge on any atom is -0.469 e. The van der Waals surface area contributed by atoms with Gasteiger partial charge in [-0.3, -0.25) is 4.79 Å². The van der Waals surface area contributed by atoms with E-state index in [1.165, 1.54) is 7.11 Å². The van der Waals surface area contributed by atoms with Crippen LogP contribution in [0.3, 0.4) is 0 Å². The molecule has 0 unspecified atom stereocenters. The molecule has 0 bridgehead atoms. The van der Waals surface area contributed by atoms with E-state index in [1.807, 2.05) is 12.4 Å². The third-order valence-corrected chi connectivity index (χ3v) is 3.41. The molecule has 5 heteroatoms. The Kier molecular flexibility index (Phi) is 4.12. The largest absolute Gasteiger partial charge is 0.469 e. The number of methoxy groups -OCH3 is 1. The van der Waals surface area contributed by atoms with Crippen molar-refractivity contribution in [3.63, 3.8) is 0 Å². The maximum Gasteiger partial charge on any atom is 0.308 e. The molecule has 1 aromatic heterocycles. The summed E-state index contributed by atoms with van der Waals surface area (Å²) in [6.07, 6.45) is 6.31. The summed E-state index contributed by atoms with van der Waals surface area (Å²) in [5.41, 5.74) is 1.14. The molecule has 0 radical (unpaired) electrons. The number of anilines is 1. The van der Waals surface area contributed by atoms with Gasteiger partial charge in [-0.25, -0.2) is 9.97 Å². The zero-order valence-electron chi connectivity index (χ0n) is 10.9. The van der Waals surface area contributed by atoms with Gasteiger partial charge in [0.1, 0.15) is 0 Å². The van der Waals surface area contributed by atoms with Crippen LogP contribution >= 0.6 is 0 Å². The van der Waals surface area contributed by atoms with Gasteiger partial charge in [0, 0.05) is 25.5 Å². The molecule has 18 heavy (non-hydrogen) atoms. The van der Waals surface area contributed by atoms with Crippen LogP contribution in [0.25, 0.3) is 0 Å². The Balaban J connectivity index is 1.94. The molecule has 1 aromatic rings. The van der Waals surface area contributed by atoms with Gasteiger partial charge in [-0.15, -0.1) is 0 Å². The van der Waals surface area contributed by atoms with Crippen LogP contribution in [0.5, 0.6) is 0 Å². The summed E-state index contributed by atoms with van der Waals surface area (Å²) in [7, 11) is 1.45. The van der Waals surface area contributed by atoms with Gasteiger partial charge in [0.05, 0.1) is 13.0 Å². The molecule has 0 aromatic carbocycles. The van der Waals surface area contributed by atoms with Gasteiger partial charge in [-0.2, -0.15) is 0 Å². The van der Waals surface area contributed by atoms with Crippen molar-refractivity contribution >= 4 is 11.9 Å². The molecule has 1 fully saturated rings. The number of hydrogen-bond donors (Lipinski definition) is 0. The molecule has 1 aliphatic heterocycles. The van der Waals surface area contributed by atoms with Gasteiger partial charge in [0.15, 0.2) is 0 Å². The number of esters is 1. The molecule has 5 nitrogen and oxygen atoms in total. The van der Waals surface area contributed by atoms with E-state index in [4.69, 9.17) is 4.74 Å². The number of hydrogen-bond acceptors (Lipinski definition) is 5. The minimum atomic E-state index is -0.100. The molecule has 2 rings (SSSR count). The Morgan fingerprint density at radius 2 is 2.00 bits per heavy atom. The van der Waals surface area contributed by atoms with E-state index in [0.29, 0.717) is 0 Å². The van der Waals surface area contributed by atoms with Crippen molar-refractivity contribution in [2.75, 3.05) is 25.1 Å². The average molecular weight is 249 g/mol. The molecule has 0 amide bonds. The number of aromatic nitrogens is 2. The maximum atomic E-state index is 11.4. The van der Waals surface area contributed by atoms with Gasteiger partial charge in [-0.1, -0.05) is 6.92 Å². The number of rotatable bonds is 3. The van der Waals surface area contributed by atoms with Gasteiger partial charge in [0.25, 0.3) is 0 Å². The predicted molar refractivity (Wildman–Crippen MR) is 68.4 cm³/mol. The Morgan fingerprint density at radius 3 is 2.50 bits per heavy atom. The smallest absolute Gasteiger partial charge is 0.308 e. The normalized spacial score (nSPS) is 16.7. The molecular weight excluding hydrogens is 230 g/mol. The lowest BCUT2D eigenvalue weighted by atomic mass is 9.97. The van der Waals surface area contributed by atoms with Crippen LogP contribution in [0.2, 0.25) is 0 Å². The highest BCUT2D eigenvalue weighted by molar-refractivity contribution is 5.72. The quantitative estimate of drug-likeness (QED) is 0.758. The van der Waals surface area contributed by atoms with Crippen LogP contribution in [-0.4, -0.2) is 36.1 Å². The van der Waals surface area contributed by atoms with Crippen LogP contribution < -0.4 is 4.90 Å². The standard InChI is InChI=1S/C13H19N3O2/c1-3-10-8-14-13(15-9-10)16-6-4-11(5-7-16)12(17)18-2/h8-9,11H,3-7H2,1-2H3. The van der Waals surface area contributed by atoms with E-state index in [0.717, 1.165) is 43.9 Å². The highest BCUT2D eigenvalue weighted by Crippen LogP contribution is 2.21. The topological polar surface area (TPSA) is 55.3 Å². The summed E-state index contributed by atoms with van der Waals surface area (Å²) in [5.74, 6) is 0.689. The number of carbonyl (C=O) groups excluding carboxylic acids is 1. The third-order valence-electron chi connectivity index (χ3n) is 3.41. The van der Waals surface area contributed by atoms with Crippen LogP contribution in [0.4, 0.5) is 5.95 Å². The molecule has 0 saturated carbocycles. The van der Waals surface area contributed by atoms with E-state index in [-0.39, 0.29) is 11.9 Å². The molecule has 0 aliphatic carbocycles. The van der Waals surface area contributed by atoms with E-state index in [2.05, 4.69) is 21.8 Å². The predicted octanol–water partition coefficient (Wildman–Crippen LogP) is 1.43. The second kappa shape index (κ2) is 5.80. The third kappa shape index (κ3) is 2.78. The molecule has 1 saturated heterocycles. The first-order valence-corrected chi connectivity index (χ1v) is 6.38. The first kappa shape index (κ1) is 12.8. The lowest BCUT2D eigenvalue weighted by Gasteiger charge is -2.30. The van der Waals surface area contributed by atoms with Crippen LogP contribution in [-0.2, 0) is 16.0 Å². The summed E-state index contributed by atoms with van der Waals surface area (Å²) in [6.45, 7) is 3.71. The Labute approximate surface area is 107 Å². The second-order valence-electron chi connectivity index (χ2n) is 4.53. The molecule has 2 heterocycles. The second-order valence-corrected chi connectivity index (χ2v) is 4.53. The first-order chi connectivity index (χ1) is 8.74. The van der Waals surface area contributed by atoms with Gasteiger partial charge in [0.2, 0.25) is 5.95 Å². The Hall–Kier alpha value is -1.65. The fourth-order valence-electron chi connectivity index (χ4n) is 2.18. The zero-order valence-corrected chi connectivity index (χ0v) is 10.9. The fourth-order valence-corrected chi connectivity index (χ4v) is 2.18. The lowest BCUT2D eigenvalue weighted by Crippen LogP contribution is -2.37. The number of aryl methyl sites for hydroxylation is 1. The van der Waals surface area contributed by atoms with E-state index >= 15 is 0 Å². The number of piperidine rings is 1. The molecule has 1 aliphatic rings. The Bertz CT molecular complexity index is 397. The highest BCUT2D eigenvalue weighted by atomic mass is 16.5. The summed E-state index contributed by atoms with van der Waals surface area (Å²) in [5, 5.41) is 0. The van der Waals surface area contributed by atoms with Crippen molar-refractivity contribution in [2.24, 2.45) is 5.92 Å². The minimum absolute atomic E-state index is 0.0289. The maximum absolute atomic E-state index is 11.4. The van der Waals surface area contributed by atoms with Crippen molar-refractivity contribution < 1.29 is 9.53 Å². The summed E-state index contributed by atoms with van der Waals surface area (Å²) < 4.78 is 4.77. The van der Waals surface area contributed by atoms with Crippen molar-refractivity contribution in [3.05, 3.63) is 18.0 Å². The molecule has 0 N–H and O–H groups in total. The summed E-state index contributed by atoms with van der Waals surface area (Å²) >= 11 is 0. The number of nitrogens with zero attached hydrogens (tertiary/aromatic N) is 3. The summed E-state index contributed by atoms with van der Waals surface area (Å²) in [6, 6.07) is 0. The highest BCUT2D eigenvalue weighted by Gasteiger charge is 2.26. The number of ether oxygens (including phenoxy) is 1. The van der Waals surface area contributed by atoms with Crippen LogP contribution in [0.1, 0.15) is 25.3 Å². The average Bonchev–Trinajstić information content (AvgIpc) is 2.47. The number of carbonyl (C=O) groups is 1. The van der Waals surface area contributed by atoms with Gasteiger partial charge >= 0.3 is 5.97 Å². The van der Waals surface area contributed by atoms with Crippen molar-refractivity contribution in [3.8, 4) is 0 Å². The molecule has 0 spiro atoms. The SMILES string of the molecule is CCc1cnc(N2CCC(C(=O)OC)CC2)nc1. The Morgan fingerprint density at radius 1 is 1.39 bits per heavy atom. The van der Waals surface area contributed by atoms with E-state index in [9.17, 15) is 4.79 Å². The van der Waals surface area contributed by atoms with Crippen molar-refractivity contribution in [1.29, 1.82) is 0 Å². The van der Waals surface area contributed by atoms with E-state index in [1.54, 1.807) is 0 Å². The van der Waals surface area contributed by atoms with Crippen LogP contribution in [0.15, 0.2) is 12.4 Å². The fraction of sp³-hybridized carbons (Fsp3) is 0.615. The van der Waals surface area contributed by atoms with E-state index < -0.39 is 0 Å². The molecule has 98 valence electrons. The zero-order chi connectivity index (χ0) is 13.0. The molecule has 0 atom stereocenters. The van der Waals surface area contributed by atoms with Crippen molar-refractivity contribution in [1.82, 2.24) is 9.97 Å². The van der Waals surface area contributed by atoms with Gasteiger partial charge in [-0.05, 0) is 24.8 Å². The van der Waals surface area contributed by atoms with Gasteiger partial charge < -0.3 is 9.64 Å². The van der Waals surface area contributed by atoms with Crippen molar-refractivity contribution in [2.45, 2.75) is 26.2 Å². The van der Waals surface area contributed by atoms with Crippen LogP contribution in [0, 0.1) is 5.92 Å². The summed E-state index contributed by atoms with van der Waals surface area (Å²) in [4.78, 5) is 22.3. The first-order valence-electron chi connectivity index (χ1n) is 6.38. The lowest BCUT2D eigenvalue weighted by molar-refractivity contribution is -0.146. The molecular formula is C13H19N3O2.